The highest BCUT2D eigenvalue weighted by Crippen LogP contribution is 2.24. The van der Waals surface area contributed by atoms with E-state index in [1.165, 1.54) is 12.2 Å². The van der Waals surface area contributed by atoms with E-state index in [-0.39, 0.29) is 11.8 Å². The lowest BCUT2D eigenvalue weighted by atomic mass is 10.1. The molecule has 2 amide bonds. The number of hydrogen-bond acceptors (Lipinski definition) is 2. The molecule has 0 aliphatic heterocycles. The second-order valence-corrected chi connectivity index (χ2v) is 8.90. The van der Waals surface area contributed by atoms with Gasteiger partial charge in [-0.15, -0.1) is 0 Å². The summed E-state index contributed by atoms with van der Waals surface area (Å²) in [5.74, 6) is -0.477. The zero-order valence-electron chi connectivity index (χ0n) is 17.8. The number of rotatable bonds is 8. The van der Waals surface area contributed by atoms with Gasteiger partial charge in [0.25, 0.3) is 0 Å². The van der Waals surface area contributed by atoms with Crippen LogP contribution in [0.15, 0.2) is 72.8 Å². The second-order valence-electron chi connectivity index (χ2n) is 7.27. The molecule has 0 spiro atoms. The third-order valence-corrected chi connectivity index (χ3v) is 6.14. The molecule has 0 bridgehead atoms. The Balaban J connectivity index is 1.48. The molecule has 3 aromatic carbocycles. The van der Waals surface area contributed by atoms with Crippen LogP contribution in [0.5, 0.6) is 0 Å². The van der Waals surface area contributed by atoms with Gasteiger partial charge in [-0.3, -0.25) is 9.59 Å². The van der Waals surface area contributed by atoms with E-state index in [0.717, 1.165) is 22.3 Å². The van der Waals surface area contributed by atoms with Gasteiger partial charge in [-0.2, -0.15) is 0 Å². The molecule has 0 aliphatic carbocycles. The van der Waals surface area contributed by atoms with Crippen LogP contribution >= 0.6 is 46.4 Å². The Morgan fingerprint density at radius 3 is 1.47 bits per heavy atom. The van der Waals surface area contributed by atoms with Gasteiger partial charge in [0.05, 0.1) is 20.1 Å². The number of halogens is 4. The summed E-state index contributed by atoms with van der Waals surface area (Å²) >= 11 is 23.8. The number of nitrogens with one attached hydrogen (secondary N) is 2. The highest BCUT2D eigenvalue weighted by Gasteiger charge is 2.03. The largest absolute Gasteiger partial charge is 0.348 e. The SMILES string of the molecule is O=C(C=Cc1ccc(Cl)c(Cl)c1)NCc1cccc(CNC(=O)C=Cc2ccc(Cl)c(Cl)c2)c1. The average molecular weight is 534 g/mol. The van der Waals surface area contributed by atoms with Crippen LogP contribution in [0, 0.1) is 0 Å². The quantitative estimate of drug-likeness (QED) is 0.307. The fourth-order valence-corrected chi connectivity index (χ4v) is 3.53. The van der Waals surface area contributed by atoms with Crippen molar-refractivity contribution in [3.63, 3.8) is 0 Å². The molecule has 0 fully saturated rings. The standard InChI is InChI=1S/C26H20Cl4N2O2/c27-21-8-4-17(13-23(21)29)6-10-25(33)31-15-19-2-1-3-20(12-19)16-32-26(34)11-7-18-5-9-22(28)24(30)14-18/h1-14H,15-16H2,(H,31,33)(H,32,34). The first-order chi connectivity index (χ1) is 16.3. The van der Waals surface area contributed by atoms with Gasteiger partial charge in [0.15, 0.2) is 0 Å². The second kappa shape index (κ2) is 12.6. The monoisotopic (exact) mass is 532 g/mol. The lowest BCUT2D eigenvalue weighted by Crippen LogP contribution is -2.21. The van der Waals surface area contributed by atoms with E-state index in [4.69, 9.17) is 46.4 Å². The minimum atomic E-state index is -0.239. The number of carbonyl (C=O) groups excluding carboxylic acids is 2. The van der Waals surface area contributed by atoms with Crippen molar-refractivity contribution in [3.8, 4) is 0 Å². The Morgan fingerprint density at radius 2 is 1.06 bits per heavy atom. The van der Waals surface area contributed by atoms with Crippen molar-refractivity contribution in [2.75, 3.05) is 0 Å². The van der Waals surface area contributed by atoms with Gasteiger partial charge in [-0.05, 0) is 58.7 Å². The first-order valence-electron chi connectivity index (χ1n) is 10.2. The molecule has 8 heteroatoms. The fourth-order valence-electron chi connectivity index (χ4n) is 2.92. The van der Waals surface area contributed by atoms with Gasteiger partial charge in [0, 0.05) is 25.2 Å². The van der Waals surface area contributed by atoms with Crippen molar-refractivity contribution < 1.29 is 9.59 Å². The molecule has 4 nitrogen and oxygen atoms in total. The first kappa shape index (κ1) is 25.9. The fraction of sp³-hybridized carbons (Fsp3) is 0.0769. The predicted molar refractivity (Wildman–Crippen MR) is 141 cm³/mol. The summed E-state index contributed by atoms with van der Waals surface area (Å²) in [6, 6.07) is 17.9. The molecule has 3 aromatic rings. The number of amides is 2. The van der Waals surface area contributed by atoms with Crippen molar-refractivity contribution in [1.82, 2.24) is 10.6 Å². The van der Waals surface area contributed by atoms with E-state index in [2.05, 4.69) is 10.6 Å². The van der Waals surface area contributed by atoms with Crippen LogP contribution in [-0.4, -0.2) is 11.8 Å². The molecule has 2 N–H and O–H groups in total. The molecule has 34 heavy (non-hydrogen) atoms. The molecule has 0 radical (unpaired) electrons. The van der Waals surface area contributed by atoms with Crippen LogP contribution < -0.4 is 10.6 Å². The summed E-state index contributed by atoms with van der Waals surface area (Å²) in [6.07, 6.45) is 6.19. The van der Waals surface area contributed by atoms with Crippen molar-refractivity contribution >= 4 is 70.4 Å². The van der Waals surface area contributed by atoms with Gasteiger partial charge in [-0.25, -0.2) is 0 Å². The molecular weight excluding hydrogens is 514 g/mol. The van der Waals surface area contributed by atoms with Gasteiger partial charge in [-0.1, -0.05) is 82.8 Å². The summed E-state index contributed by atoms with van der Waals surface area (Å²) in [4.78, 5) is 24.3. The van der Waals surface area contributed by atoms with Crippen LogP contribution in [0.3, 0.4) is 0 Å². The predicted octanol–water partition coefficient (Wildman–Crippen LogP) is 6.96. The van der Waals surface area contributed by atoms with Crippen LogP contribution in [0.4, 0.5) is 0 Å². The van der Waals surface area contributed by atoms with E-state index in [9.17, 15) is 9.59 Å². The summed E-state index contributed by atoms with van der Waals surface area (Å²) in [5.41, 5.74) is 3.37. The summed E-state index contributed by atoms with van der Waals surface area (Å²) < 4.78 is 0. The Kier molecular flexibility index (Phi) is 9.61. The molecule has 0 aliphatic rings. The van der Waals surface area contributed by atoms with Crippen molar-refractivity contribution in [3.05, 3.63) is 115 Å². The zero-order chi connectivity index (χ0) is 24.5. The van der Waals surface area contributed by atoms with Crippen molar-refractivity contribution in [2.45, 2.75) is 13.1 Å². The lowest BCUT2D eigenvalue weighted by molar-refractivity contribution is -0.117. The Bertz CT molecular complexity index is 1160. The molecule has 0 unspecified atom stereocenters. The smallest absolute Gasteiger partial charge is 0.244 e. The maximum Gasteiger partial charge on any atom is 0.244 e. The lowest BCUT2D eigenvalue weighted by Gasteiger charge is -2.07. The summed E-state index contributed by atoms with van der Waals surface area (Å²) in [5, 5.41) is 7.44. The van der Waals surface area contributed by atoms with Crippen LogP contribution in [0.2, 0.25) is 20.1 Å². The van der Waals surface area contributed by atoms with Gasteiger partial charge >= 0.3 is 0 Å². The Hall–Kier alpha value is -2.76. The molecule has 0 atom stereocenters. The Labute approximate surface area is 218 Å². The molecule has 174 valence electrons. The summed E-state index contributed by atoms with van der Waals surface area (Å²) in [6.45, 7) is 0.702. The van der Waals surface area contributed by atoms with E-state index < -0.39 is 0 Å². The molecule has 0 heterocycles. The summed E-state index contributed by atoms with van der Waals surface area (Å²) in [7, 11) is 0. The number of hydrogen-bond donors (Lipinski definition) is 2. The van der Waals surface area contributed by atoms with Crippen LogP contribution in [-0.2, 0) is 22.7 Å². The maximum atomic E-state index is 12.1. The molecule has 0 saturated carbocycles. The van der Waals surface area contributed by atoms with E-state index >= 15 is 0 Å². The normalized spacial score (nSPS) is 11.2. The zero-order valence-corrected chi connectivity index (χ0v) is 20.8. The third-order valence-electron chi connectivity index (χ3n) is 4.67. The third kappa shape index (κ3) is 8.23. The molecule has 0 aromatic heterocycles. The highest BCUT2D eigenvalue weighted by molar-refractivity contribution is 6.42. The minimum Gasteiger partial charge on any atom is -0.348 e. The van der Waals surface area contributed by atoms with E-state index in [0.29, 0.717) is 33.2 Å². The van der Waals surface area contributed by atoms with Gasteiger partial charge < -0.3 is 10.6 Å². The van der Waals surface area contributed by atoms with Crippen molar-refractivity contribution in [1.29, 1.82) is 0 Å². The molecule has 0 saturated heterocycles. The van der Waals surface area contributed by atoms with Crippen LogP contribution in [0.25, 0.3) is 12.2 Å². The van der Waals surface area contributed by atoms with Crippen LogP contribution in [0.1, 0.15) is 22.3 Å². The minimum absolute atomic E-state index is 0.239. The maximum absolute atomic E-state index is 12.1. The van der Waals surface area contributed by atoms with Gasteiger partial charge in [0.1, 0.15) is 0 Å². The average Bonchev–Trinajstić information content (AvgIpc) is 2.83. The molecular formula is C26H20Cl4N2O2. The van der Waals surface area contributed by atoms with Crippen molar-refractivity contribution in [2.24, 2.45) is 0 Å². The van der Waals surface area contributed by atoms with E-state index in [1.807, 2.05) is 24.3 Å². The molecule has 3 rings (SSSR count). The first-order valence-corrected chi connectivity index (χ1v) is 11.7. The Morgan fingerprint density at radius 1 is 0.618 bits per heavy atom. The van der Waals surface area contributed by atoms with Gasteiger partial charge in [0.2, 0.25) is 11.8 Å². The highest BCUT2D eigenvalue weighted by atomic mass is 35.5. The number of benzene rings is 3. The topological polar surface area (TPSA) is 58.2 Å². The number of carbonyl (C=O) groups is 2. The van der Waals surface area contributed by atoms with E-state index in [1.54, 1.807) is 48.6 Å².